The number of halogens is 7. The molecule has 0 spiro atoms. The van der Waals surface area contributed by atoms with Gasteiger partial charge in [-0.15, -0.1) is 0 Å². The van der Waals surface area contributed by atoms with E-state index in [1.54, 1.807) is 18.7 Å². The van der Waals surface area contributed by atoms with Gasteiger partial charge in [0, 0.05) is 41.8 Å². The van der Waals surface area contributed by atoms with Gasteiger partial charge < -0.3 is 15.5 Å². The molecule has 1 heterocycles. The Bertz CT molecular complexity index is 1740. The Labute approximate surface area is 281 Å². The molecule has 266 valence electrons. The third-order valence-electron chi connectivity index (χ3n) is 8.61. The Morgan fingerprint density at radius 1 is 0.796 bits per heavy atom. The lowest BCUT2D eigenvalue weighted by molar-refractivity contribution is -0.138. The topological polar surface area (TPSA) is 64.7 Å². The summed E-state index contributed by atoms with van der Waals surface area (Å²) in [5.74, 6) is -7.44. The molecule has 3 aromatic carbocycles. The predicted molar refractivity (Wildman–Crippen MR) is 176 cm³/mol. The number of hydrogen-bond donors (Lipinski definition) is 2. The van der Waals surface area contributed by atoms with Crippen LogP contribution in [0.3, 0.4) is 0 Å². The fourth-order valence-corrected chi connectivity index (χ4v) is 6.55. The van der Waals surface area contributed by atoms with Crippen LogP contribution < -0.4 is 15.5 Å². The van der Waals surface area contributed by atoms with E-state index in [1.807, 2.05) is 41.7 Å². The number of alkyl halides is 3. The molecule has 1 fully saturated rings. The van der Waals surface area contributed by atoms with E-state index in [0.29, 0.717) is 31.6 Å². The minimum absolute atomic E-state index is 0.0532. The Morgan fingerprint density at radius 3 is 1.96 bits per heavy atom. The van der Waals surface area contributed by atoms with Gasteiger partial charge in [-0.2, -0.15) is 13.2 Å². The van der Waals surface area contributed by atoms with Gasteiger partial charge >= 0.3 is 6.18 Å². The molecule has 0 bridgehead atoms. The third kappa shape index (κ3) is 8.55. The van der Waals surface area contributed by atoms with Crippen molar-refractivity contribution in [2.24, 2.45) is 5.41 Å². The highest BCUT2D eigenvalue weighted by atomic mass is 19.4. The normalized spacial score (nSPS) is 17.7. The lowest BCUT2D eigenvalue weighted by Gasteiger charge is -2.44. The second-order valence-corrected chi connectivity index (χ2v) is 14.6. The molecule has 49 heavy (non-hydrogen) atoms. The summed E-state index contributed by atoms with van der Waals surface area (Å²) >= 11 is 0. The maximum Gasteiger partial charge on any atom is 0.417 e. The van der Waals surface area contributed by atoms with Crippen LogP contribution in [0.4, 0.5) is 42.1 Å². The highest BCUT2D eigenvalue weighted by molar-refractivity contribution is 6.07. The van der Waals surface area contributed by atoms with E-state index in [-0.39, 0.29) is 34.9 Å². The van der Waals surface area contributed by atoms with Crippen molar-refractivity contribution in [2.45, 2.75) is 78.7 Å². The Balaban J connectivity index is 1.80. The number of benzene rings is 3. The number of piperazine rings is 1. The van der Waals surface area contributed by atoms with E-state index < -0.39 is 74.6 Å². The second kappa shape index (κ2) is 13.6. The zero-order valence-corrected chi connectivity index (χ0v) is 28.7. The van der Waals surface area contributed by atoms with E-state index in [1.165, 1.54) is 0 Å². The quantitative estimate of drug-likeness (QED) is 0.243. The van der Waals surface area contributed by atoms with Gasteiger partial charge in [0.15, 0.2) is 11.6 Å². The molecule has 0 saturated carbocycles. The lowest BCUT2D eigenvalue weighted by atomic mass is 9.81. The zero-order chi connectivity index (χ0) is 36.8. The van der Waals surface area contributed by atoms with Gasteiger partial charge in [0.1, 0.15) is 11.6 Å². The van der Waals surface area contributed by atoms with E-state index in [0.717, 1.165) is 24.3 Å². The highest BCUT2D eigenvalue weighted by Gasteiger charge is 2.37. The van der Waals surface area contributed by atoms with Crippen molar-refractivity contribution in [2.75, 3.05) is 30.4 Å². The van der Waals surface area contributed by atoms with Crippen LogP contribution in [0.25, 0.3) is 11.1 Å². The van der Waals surface area contributed by atoms with Gasteiger partial charge in [0.2, 0.25) is 0 Å². The van der Waals surface area contributed by atoms with Crippen LogP contribution in [0.15, 0.2) is 42.5 Å². The number of carbonyl (C=O) groups excluding carboxylic acids is 2. The molecule has 1 aliphatic rings. The van der Waals surface area contributed by atoms with Crippen molar-refractivity contribution >= 4 is 23.2 Å². The minimum atomic E-state index is -5.08. The molecule has 2 N–H and O–H groups in total. The number of anilines is 2. The Hall–Kier alpha value is -4.13. The fourth-order valence-electron chi connectivity index (χ4n) is 6.55. The van der Waals surface area contributed by atoms with Gasteiger partial charge in [0.25, 0.3) is 11.8 Å². The summed E-state index contributed by atoms with van der Waals surface area (Å²) < 4.78 is 102. The summed E-state index contributed by atoms with van der Waals surface area (Å²) in [4.78, 5) is 30.2. The van der Waals surface area contributed by atoms with E-state index in [9.17, 15) is 27.2 Å². The van der Waals surface area contributed by atoms with Crippen molar-refractivity contribution in [1.29, 1.82) is 0 Å². The van der Waals surface area contributed by atoms with Crippen molar-refractivity contribution in [3.05, 3.63) is 82.4 Å². The van der Waals surface area contributed by atoms with Crippen LogP contribution in [0.2, 0.25) is 0 Å². The molecule has 1 aliphatic heterocycles. The molecule has 0 aliphatic carbocycles. The number of amides is 2. The first-order valence-electron chi connectivity index (χ1n) is 15.8. The number of likely N-dealkylation sites (N-methyl/N-ethyl adjacent to an activating group) is 1. The summed E-state index contributed by atoms with van der Waals surface area (Å²) in [6.07, 6.45) is -4.56. The average molecular weight is 695 g/mol. The molecule has 0 aromatic heterocycles. The number of hydrogen-bond acceptors (Lipinski definition) is 4. The largest absolute Gasteiger partial charge is 0.417 e. The standard InChI is InChI=1S/C36H41F7N4O2/c1-19-16-47(17-20(2)46(19)8)29-15-27(38)25(14-28(29)44-32(48)23-10-9-21(37)13-26(23)36(41,42)43)22-11-12-24(31(40)30(22)39)33(49)45-35(6,7)18-34(3,4)5/h9-15,19-20H,16-18H2,1-8H3,(H,44,48)(H,45,49)/t19-,20+. The van der Waals surface area contributed by atoms with Gasteiger partial charge in [-0.05, 0) is 83.0 Å². The summed E-state index contributed by atoms with van der Waals surface area (Å²) in [7, 11) is 1.90. The van der Waals surface area contributed by atoms with E-state index >= 15 is 13.2 Å². The number of carbonyl (C=O) groups is 2. The van der Waals surface area contributed by atoms with Crippen molar-refractivity contribution in [3.63, 3.8) is 0 Å². The molecule has 2 amide bonds. The molecular formula is C36H41F7N4O2. The zero-order valence-electron chi connectivity index (χ0n) is 28.7. The second-order valence-electron chi connectivity index (χ2n) is 14.6. The van der Waals surface area contributed by atoms with Crippen LogP contribution >= 0.6 is 0 Å². The van der Waals surface area contributed by atoms with E-state index in [4.69, 9.17) is 0 Å². The maximum atomic E-state index is 15.9. The number of nitrogens with zero attached hydrogens (tertiary/aromatic N) is 2. The van der Waals surface area contributed by atoms with E-state index in [2.05, 4.69) is 15.5 Å². The molecule has 4 rings (SSSR count). The number of rotatable bonds is 7. The SMILES string of the molecule is C[C@@H]1CN(c2cc(F)c(-c3ccc(C(=O)NC(C)(C)CC(C)(C)C)c(F)c3F)cc2NC(=O)c2ccc(F)cc2C(F)(F)F)C[C@H](C)N1C. The lowest BCUT2D eigenvalue weighted by Crippen LogP contribution is -2.55. The van der Waals surface area contributed by atoms with Crippen LogP contribution in [-0.4, -0.2) is 54.5 Å². The predicted octanol–water partition coefficient (Wildman–Crippen LogP) is 8.65. The summed E-state index contributed by atoms with van der Waals surface area (Å²) in [5.41, 5.74) is -5.18. The number of nitrogens with one attached hydrogen (secondary N) is 2. The van der Waals surface area contributed by atoms with Crippen LogP contribution in [0.5, 0.6) is 0 Å². The molecule has 0 unspecified atom stereocenters. The Morgan fingerprint density at radius 2 is 1.39 bits per heavy atom. The minimum Gasteiger partial charge on any atom is -0.367 e. The molecule has 13 heteroatoms. The van der Waals surface area contributed by atoms with Crippen molar-refractivity contribution in [3.8, 4) is 11.1 Å². The van der Waals surface area contributed by atoms with Gasteiger partial charge in [-0.1, -0.05) is 26.8 Å². The van der Waals surface area contributed by atoms with Gasteiger partial charge in [-0.25, -0.2) is 17.6 Å². The van der Waals surface area contributed by atoms with Crippen LogP contribution in [0, 0.1) is 28.7 Å². The molecule has 6 nitrogen and oxygen atoms in total. The first-order valence-corrected chi connectivity index (χ1v) is 15.8. The summed E-state index contributed by atoms with van der Waals surface area (Å²) in [5, 5.41) is 5.09. The molecule has 2 atom stereocenters. The summed E-state index contributed by atoms with van der Waals surface area (Å²) in [6.45, 7) is 13.9. The first kappa shape index (κ1) is 37.7. The average Bonchev–Trinajstić information content (AvgIpc) is 2.95. The van der Waals surface area contributed by atoms with Crippen molar-refractivity contribution in [1.82, 2.24) is 10.2 Å². The first-order chi connectivity index (χ1) is 22.5. The smallest absolute Gasteiger partial charge is 0.367 e. The third-order valence-corrected chi connectivity index (χ3v) is 8.61. The molecule has 3 aromatic rings. The van der Waals surface area contributed by atoms with Gasteiger partial charge in [-0.3, -0.25) is 14.5 Å². The maximum absolute atomic E-state index is 15.9. The monoisotopic (exact) mass is 694 g/mol. The molecular weight excluding hydrogens is 653 g/mol. The molecule has 0 radical (unpaired) electrons. The van der Waals surface area contributed by atoms with Crippen LogP contribution in [-0.2, 0) is 6.18 Å². The fraction of sp³-hybridized carbons (Fsp3) is 0.444. The highest BCUT2D eigenvalue weighted by Crippen LogP contribution is 2.39. The molecule has 1 saturated heterocycles. The van der Waals surface area contributed by atoms with Gasteiger partial charge in [0.05, 0.1) is 28.1 Å². The van der Waals surface area contributed by atoms with Crippen molar-refractivity contribution < 1.29 is 40.3 Å². The Kier molecular flexibility index (Phi) is 10.5. The van der Waals surface area contributed by atoms with Crippen LogP contribution in [0.1, 0.15) is 81.2 Å². The summed E-state index contributed by atoms with van der Waals surface area (Å²) in [6, 6.07) is 5.51.